The van der Waals surface area contributed by atoms with E-state index in [2.05, 4.69) is 4.98 Å². The number of ether oxygens (including phenoxy) is 1. The first kappa shape index (κ1) is 16.3. The van der Waals surface area contributed by atoms with Gasteiger partial charge in [-0.25, -0.2) is 4.98 Å². The van der Waals surface area contributed by atoms with E-state index >= 15 is 0 Å². The number of aromatic nitrogens is 2. The lowest BCUT2D eigenvalue weighted by Gasteiger charge is -2.17. The summed E-state index contributed by atoms with van der Waals surface area (Å²) in [7, 11) is 0. The number of hydrogen-bond acceptors (Lipinski definition) is 3. The van der Waals surface area contributed by atoms with Crippen LogP contribution in [0.5, 0.6) is 5.75 Å². The van der Waals surface area contributed by atoms with E-state index in [4.69, 9.17) is 4.74 Å². The second-order valence-corrected chi connectivity index (χ2v) is 6.80. The van der Waals surface area contributed by atoms with E-state index in [0.29, 0.717) is 6.54 Å². The lowest BCUT2D eigenvalue weighted by molar-refractivity contribution is 0.242. The van der Waals surface area contributed by atoms with E-state index in [-0.39, 0.29) is 17.1 Å². The number of rotatable bonds is 4. The van der Waals surface area contributed by atoms with Gasteiger partial charge in [-0.2, -0.15) is 0 Å². The molecule has 4 nitrogen and oxygen atoms in total. The van der Waals surface area contributed by atoms with E-state index < -0.39 is 0 Å². The van der Waals surface area contributed by atoms with Crippen LogP contribution < -0.4 is 10.3 Å². The molecule has 0 fully saturated rings. The van der Waals surface area contributed by atoms with Crippen LogP contribution in [-0.2, 0) is 12.0 Å². The smallest absolute Gasteiger partial charge is 0.253 e. The van der Waals surface area contributed by atoms with Crippen LogP contribution in [0.4, 0.5) is 0 Å². The second kappa shape index (κ2) is 6.34. The predicted octanol–water partition coefficient (Wildman–Crippen LogP) is 3.38. The molecule has 4 heteroatoms. The minimum atomic E-state index is -0.122. The molecule has 0 saturated carbocycles. The van der Waals surface area contributed by atoms with Crippen LogP contribution in [0.2, 0.25) is 0 Å². The van der Waals surface area contributed by atoms with E-state index in [1.807, 2.05) is 58.9 Å². The van der Waals surface area contributed by atoms with E-state index in [1.54, 1.807) is 17.0 Å². The summed E-state index contributed by atoms with van der Waals surface area (Å²) in [5.74, 6) is 0.819. The summed E-state index contributed by atoms with van der Waals surface area (Å²) in [4.78, 5) is 16.7. The summed E-state index contributed by atoms with van der Waals surface area (Å²) in [6.45, 7) is 10.6. The van der Waals surface area contributed by atoms with Gasteiger partial charge >= 0.3 is 0 Å². The molecule has 0 spiro atoms. The quantitative estimate of drug-likeness (QED) is 0.869. The summed E-state index contributed by atoms with van der Waals surface area (Å²) >= 11 is 0. The number of hydrogen-bond donors (Lipinski definition) is 0. The van der Waals surface area contributed by atoms with E-state index in [0.717, 1.165) is 17.0 Å². The van der Waals surface area contributed by atoms with Gasteiger partial charge in [-0.15, -0.1) is 0 Å². The van der Waals surface area contributed by atoms with Gasteiger partial charge in [0.2, 0.25) is 0 Å². The van der Waals surface area contributed by atoms with Crippen LogP contribution in [0.15, 0.2) is 41.5 Å². The summed E-state index contributed by atoms with van der Waals surface area (Å²) in [5.41, 5.74) is 1.68. The Balaban J connectivity index is 2.23. The highest BCUT2D eigenvalue weighted by Crippen LogP contribution is 2.18. The lowest BCUT2D eigenvalue weighted by atomic mass is 9.92. The molecule has 0 saturated heterocycles. The van der Waals surface area contributed by atoms with Gasteiger partial charge in [0.1, 0.15) is 5.75 Å². The van der Waals surface area contributed by atoms with Gasteiger partial charge in [0.15, 0.2) is 0 Å². The third kappa shape index (κ3) is 4.20. The monoisotopic (exact) mass is 300 g/mol. The molecule has 2 rings (SSSR count). The Bertz CT molecular complexity index is 697. The molecule has 0 bridgehead atoms. The van der Waals surface area contributed by atoms with Gasteiger partial charge in [0.05, 0.1) is 24.7 Å². The summed E-state index contributed by atoms with van der Waals surface area (Å²) in [6, 6.07) is 9.43. The molecular formula is C18H24N2O2. The molecule has 0 amide bonds. The van der Waals surface area contributed by atoms with Crippen LogP contribution in [-0.4, -0.2) is 15.7 Å². The maximum absolute atomic E-state index is 12.2. The maximum atomic E-state index is 12.2. The fraction of sp³-hybridized carbons (Fsp3) is 0.444. The molecule has 2 aromatic rings. The SMILES string of the molecule is CC(C)Oc1cccc(Cn2cnc(C(C)(C)C)cc2=O)c1. The Kier molecular flexibility index (Phi) is 4.69. The summed E-state index contributed by atoms with van der Waals surface area (Å²) in [6.07, 6.45) is 1.75. The van der Waals surface area contributed by atoms with Crippen LogP contribution in [0.3, 0.4) is 0 Å². The van der Waals surface area contributed by atoms with E-state index in [9.17, 15) is 4.79 Å². The molecule has 0 aliphatic carbocycles. The minimum absolute atomic E-state index is 0.0323. The zero-order chi connectivity index (χ0) is 16.3. The van der Waals surface area contributed by atoms with Gasteiger partial charge in [-0.3, -0.25) is 9.36 Å². The first-order chi connectivity index (χ1) is 10.3. The average molecular weight is 300 g/mol. The average Bonchev–Trinajstić information content (AvgIpc) is 2.39. The third-order valence-electron chi connectivity index (χ3n) is 3.27. The molecule has 0 unspecified atom stereocenters. The molecule has 118 valence electrons. The Hall–Kier alpha value is -2.10. The van der Waals surface area contributed by atoms with Gasteiger partial charge in [0, 0.05) is 11.5 Å². The predicted molar refractivity (Wildman–Crippen MR) is 88.5 cm³/mol. The first-order valence-corrected chi connectivity index (χ1v) is 7.58. The Labute approximate surface area is 131 Å². The van der Waals surface area contributed by atoms with Crippen molar-refractivity contribution in [2.75, 3.05) is 0 Å². The first-order valence-electron chi connectivity index (χ1n) is 7.58. The number of benzene rings is 1. The van der Waals surface area contributed by atoms with E-state index in [1.165, 1.54) is 0 Å². The van der Waals surface area contributed by atoms with Crippen LogP contribution >= 0.6 is 0 Å². The molecule has 1 aromatic heterocycles. The van der Waals surface area contributed by atoms with Crippen LogP contribution in [0.1, 0.15) is 45.9 Å². The molecule has 0 N–H and O–H groups in total. The van der Waals surface area contributed by atoms with Crippen molar-refractivity contribution in [1.29, 1.82) is 0 Å². The maximum Gasteiger partial charge on any atom is 0.253 e. The molecule has 0 atom stereocenters. The third-order valence-corrected chi connectivity index (χ3v) is 3.27. The van der Waals surface area contributed by atoms with Crippen molar-refractivity contribution in [1.82, 2.24) is 9.55 Å². The lowest BCUT2D eigenvalue weighted by Crippen LogP contribution is -2.25. The van der Waals surface area contributed by atoms with Crippen molar-refractivity contribution in [3.05, 3.63) is 58.3 Å². The van der Waals surface area contributed by atoms with Crippen molar-refractivity contribution >= 4 is 0 Å². The second-order valence-electron chi connectivity index (χ2n) is 6.80. The highest BCUT2D eigenvalue weighted by atomic mass is 16.5. The molecule has 1 aromatic carbocycles. The summed E-state index contributed by atoms with van der Waals surface area (Å²) in [5, 5.41) is 0. The van der Waals surface area contributed by atoms with Gasteiger partial charge in [-0.1, -0.05) is 32.9 Å². The fourth-order valence-corrected chi connectivity index (χ4v) is 2.14. The van der Waals surface area contributed by atoms with Crippen molar-refractivity contribution in [3.8, 4) is 5.75 Å². The normalized spacial score (nSPS) is 11.7. The van der Waals surface area contributed by atoms with Crippen LogP contribution in [0.25, 0.3) is 0 Å². The number of nitrogens with zero attached hydrogens (tertiary/aromatic N) is 2. The van der Waals surface area contributed by atoms with Crippen molar-refractivity contribution in [2.24, 2.45) is 0 Å². The van der Waals surface area contributed by atoms with Gasteiger partial charge in [-0.05, 0) is 31.5 Å². The summed E-state index contributed by atoms with van der Waals surface area (Å²) < 4.78 is 7.30. The topological polar surface area (TPSA) is 44.1 Å². The van der Waals surface area contributed by atoms with Crippen molar-refractivity contribution in [2.45, 2.75) is 52.7 Å². The zero-order valence-corrected chi connectivity index (χ0v) is 14.0. The molecular weight excluding hydrogens is 276 g/mol. The zero-order valence-electron chi connectivity index (χ0n) is 14.0. The fourth-order valence-electron chi connectivity index (χ4n) is 2.14. The standard InChI is InChI=1S/C18H24N2O2/c1-13(2)22-15-8-6-7-14(9-15)11-20-12-19-16(10-17(20)21)18(3,4)5/h6-10,12-13H,11H2,1-5H3. The molecule has 1 heterocycles. The van der Waals surface area contributed by atoms with Crippen LogP contribution in [0, 0.1) is 0 Å². The molecule has 22 heavy (non-hydrogen) atoms. The molecule has 0 aliphatic heterocycles. The highest BCUT2D eigenvalue weighted by Gasteiger charge is 2.16. The Morgan fingerprint density at radius 3 is 2.55 bits per heavy atom. The van der Waals surface area contributed by atoms with Crippen molar-refractivity contribution in [3.63, 3.8) is 0 Å². The van der Waals surface area contributed by atoms with Gasteiger partial charge in [0.25, 0.3) is 5.56 Å². The largest absolute Gasteiger partial charge is 0.491 e. The molecule has 0 radical (unpaired) electrons. The Morgan fingerprint density at radius 1 is 1.23 bits per heavy atom. The van der Waals surface area contributed by atoms with Gasteiger partial charge < -0.3 is 4.74 Å². The van der Waals surface area contributed by atoms with Crippen molar-refractivity contribution < 1.29 is 4.74 Å². The molecule has 0 aliphatic rings. The minimum Gasteiger partial charge on any atom is -0.491 e. The Morgan fingerprint density at radius 2 is 1.95 bits per heavy atom. The highest BCUT2D eigenvalue weighted by molar-refractivity contribution is 5.29.